The number of benzene rings is 1. The lowest BCUT2D eigenvalue weighted by Crippen LogP contribution is -2.32. The maximum atomic E-state index is 14.4. The van der Waals surface area contributed by atoms with Crippen LogP contribution in [0.15, 0.2) is 53.6 Å². The molecule has 2 aromatic heterocycles. The van der Waals surface area contributed by atoms with Crippen LogP contribution in [0.4, 0.5) is 4.39 Å². The Hall–Kier alpha value is -3.57. The van der Waals surface area contributed by atoms with Gasteiger partial charge in [-0.15, -0.1) is 0 Å². The summed E-state index contributed by atoms with van der Waals surface area (Å²) in [6.07, 6.45) is -0.517. The van der Waals surface area contributed by atoms with Gasteiger partial charge in [0.1, 0.15) is 23.2 Å². The van der Waals surface area contributed by atoms with Gasteiger partial charge in [0.15, 0.2) is 5.03 Å². The van der Waals surface area contributed by atoms with Crippen LogP contribution >= 0.6 is 0 Å². The first kappa shape index (κ1) is 29.0. The van der Waals surface area contributed by atoms with Gasteiger partial charge in [-0.3, -0.25) is 4.79 Å². The Morgan fingerprint density at radius 3 is 2.50 bits per heavy atom. The van der Waals surface area contributed by atoms with Crippen LogP contribution in [0.25, 0.3) is 11.3 Å². The number of carbonyl (C=O) groups is 1. The van der Waals surface area contributed by atoms with Crippen LogP contribution in [-0.2, 0) is 14.8 Å². The second-order valence-electron chi connectivity index (χ2n) is 9.07. The van der Waals surface area contributed by atoms with E-state index in [9.17, 15) is 17.6 Å². The van der Waals surface area contributed by atoms with E-state index in [0.717, 1.165) is 0 Å². The maximum absolute atomic E-state index is 14.4. The Bertz CT molecular complexity index is 1380. The average molecular weight is 546 g/mol. The molecule has 0 aliphatic carbocycles. The Balaban J connectivity index is 1.97. The summed E-state index contributed by atoms with van der Waals surface area (Å²) in [4.78, 5) is 21.5. The number of nitrogens with one attached hydrogen (secondary N) is 1. The number of rotatable bonds is 12. The van der Waals surface area contributed by atoms with E-state index >= 15 is 0 Å². The molecule has 38 heavy (non-hydrogen) atoms. The van der Waals surface area contributed by atoms with Gasteiger partial charge in [0.2, 0.25) is 5.88 Å². The van der Waals surface area contributed by atoms with Crippen LogP contribution in [0.1, 0.15) is 43.7 Å². The van der Waals surface area contributed by atoms with Gasteiger partial charge in [-0.25, -0.2) is 19.1 Å². The third-order valence-corrected chi connectivity index (χ3v) is 6.32. The zero-order chi connectivity index (χ0) is 27.9. The first-order chi connectivity index (χ1) is 18.0. The Kier molecular flexibility index (Phi) is 9.76. The molecule has 0 saturated heterocycles. The van der Waals surface area contributed by atoms with Gasteiger partial charge in [-0.05, 0) is 63.1 Å². The highest BCUT2D eigenvalue weighted by atomic mass is 32.2. The standard InChI is InChI=1S/C27H32FN3O6S/c1-6-35-16-19(5)37-27-23(26(32)31-38(33,34)25-9-7-8-18(4)29-25)10-11-24(30-27)20-12-21(28)14-22(13-20)36-15-17(2)3/h7-14,17,19H,6,15-16H2,1-5H3,(H,31,32). The van der Waals surface area contributed by atoms with E-state index in [0.29, 0.717) is 35.9 Å². The molecule has 3 rings (SSSR count). The van der Waals surface area contributed by atoms with Crippen molar-refractivity contribution in [2.24, 2.45) is 5.92 Å². The SMILES string of the molecule is CCOCC(C)Oc1nc(-c2cc(F)cc(OCC(C)C)c2)ccc1C(=O)NS(=O)(=O)c1cccc(C)n1. The van der Waals surface area contributed by atoms with Gasteiger partial charge in [-0.2, -0.15) is 8.42 Å². The largest absolute Gasteiger partial charge is 0.493 e. The molecule has 1 atom stereocenters. The van der Waals surface area contributed by atoms with Gasteiger partial charge < -0.3 is 14.2 Å². The Morgan fingerprint density at radius 1 is 1.05 bits per heavy atom. The quantitative estimate of drug-likeness (QED) is 0.352. The van der Waals surface area contributed by atoms with Crippen molar-refractivity contribution in [1.29, 1.82) is 0 Å². The third-order valence-electron chi connectivity index (χ3n) is 5.09. The molecule has 1 N–H and O–H groups in total. The molecule has 0 spiro atoms. The molecule has 0 saturated carbocycles. The summed E-state index contributed by atoms with van der Waals surface area (Å²) >= 11 is 0. The second-order valence-corrected chi connectivity index (χ2v) is 10.7. The van der Waals surface area contributed by atoms with Crippen LogP contribution in [0.3, 0.4) is 0 Å². The molecular formula is C27H32FN3O6S. The predicted octanol–water partition coefficient (Wildman–Crippen LogP) is 4.55. The number of sulfonamides is 1. The van der Waals surface area contributed by atoms with E-state index in [2.05, 4.69) is 9.97 Å². The topological polar surface area (TPSA) is 117 Å². The smallest absolute Gasteiger partial charge is 0.281 e. The summed E-state index contributed by atoms with van der Waals surface area (Å²) in [7, 11) is -4.26. The predicted molar refractivity (Wildman–Crippen MR) is 140 cm³/mol. The fourth-order valence-electron chi connectivity index (χ4n) is 3.33. The molecule has 204 valence electrons. The van der Waals surface area contributed by atoms with Gasteiger partial charge in [0, 0.05) is 23.9 Å². The number of aryl methyl sites for hydroxylation is 1. The van der Waals surface area contributed by atoms with E-state index in [1.807, 2.05) is 25.5 Å². The molecule has 9 nitrogen and oxygen atoms in total. The fraction of sp³-hybridized carbons (Fsp3) is 0.370. The van der Waals surface area contributed by atoms with Crippen LogP contribution in [0.2, 0.25) is 0 Å². The number of hydrogen-bond acceptors (Lipinski definition) is 8. The van der Waals surface area contributed by atoms with Crippen molar-refractivity contribution in [1.82, 2.24) is 14.7 Å². The zero-order valence-electron chi connectivity index (χ0n) is 22.0. The van der Waals surface area contributed by atoms with Crippen molar-refractivity contribution in [3.8, 4) is 22.9 Å². The number of ether oxygens (including phenoxy) is 3. The summed E-state index contributed by atoms with van der Waals surface area (Å²) in [5.74, 6) is -1.02. The Morgan fingerprint density at radius 2 is 1.82 bits per heavy atom. The van der Waals surface area contributed by atoms with Crippen molar-refractivity contribution in [3.05, 3.63) is 65.6 Å². The van der Waals surface area contributed by atoms with Crippen LogP contribution in [-0.4, -0.2) is 50.2 Å². The molecule has 0 fully saturated rings. The normalized spacial score (nSPS) is 12.3. The maximum Gasteiger partial charge on any atom is 0.281 e. The first-order valence-corrected chi connectivity index (χ1v) is 13.7. The number of pyridine rings is 2. The molecule has 1 amide bonds. The lowest BCUT2D eigenvalue weighted by molar-refractivity contribution is 0.0624. The minimum absolute atomic E-state index is 0.124. The number of carbonyl (C=O) groups excluding carboxylic acids is 1. The average Bonchev–Trinajstić information content (AvgIpc) is 2.85. The zero-order valence-corrected chi connectivity index (χ0v) is 22.8. The minimum Gasteiger partial charge on any atom is -0.493 e. The summed E-state index contributed by atoms with van der Waals surface area (Å²) in [6.45, 7) is 10.2. The lowest BCUT2D eigenvalue weighted by Gasteiger charge is -2.17. The van der Waals surface area contributed by atoms with E-state index in [1.54, 1.807) is 26.0 Å². The highest BCUT2D eigenvalue weighted by Crippen LogP contribution is 2.28. The van der Waals surface area contributed by atoms with Gasteiger partial charge in [-0.1, -0.05) is 19.9 Å². The highest BCUT2D eigenvalue weighted by molar-refractivity contribution is 7.90. The lowest BCUT2D eigenvalue weighted by atomic mass is 10.1. The van der Waals surface area contributed by atoms with Crippen molar-refractivity contribution >= 4 is 15.9 Å². The monoisotopic (exact) mass is 545 g/mol. The molecule has 2 heterocycles. The molecule has 0 aliphatic heterocycles. The highest BCUT2D eigenvalue weighted by Gasteiger charge is 2.25. The summed E-state index contributed by atoms with van der Waals surface area (Å²) < 4.78 is 58.9. The van der Waals surface area contributed by atoms with Crippen molar-refractivity contribution in [2.45, 2.75) is 45.7 Å². The van der Waals surface area contributed by atoms with E-state index in [1.165, 1.54) is 36.4 Å². The van der Waals surface area contributed by atoms with Crippen LogP contribution < -0.4 is 14.2 Å². The molecule has 1 unspecified atom stereocenters. The molecule has 11 heteroatoms. The molecule has 0 aliphatic rings. The number of halogens is 1. The van der Waals surface area contributed by atoms with Crippen molar-refractivity contribution in [3.63, 3.8) is 0 Å². The molecule has 0 radical (unpaired) electrons. The van der Waals surface area contributed by atoms with Gasteiger partial charge in [0.05, 0.1) is 18.9 Å². The minimum atomic E-state index is -4.26. The van der Waals surface area contributed by atoms with Crippen LogP contribution in [0.5, 0.6) is 11.6 Å². The van der Waals surface area contributed by atoms with Gasteiger partial charge in [0.25, 0.3) is 15.9 Å². The number of nitrogens with zero attached hydrogens (tertiary/aromatic N) is 2. The van der Waals surface area contributed by atoms with E-state index in [4.69, 9.17) is 14.2 Å². The van der Waals surface area contributed by atoms with E-state index < -0.39 is 27.9 Å². The molecule has 3 aromatic rings. The Labute approximate surface area is 222 Å². The van der Waals surface area contributed by atoms with Crippen LogP contribution in [0, 0.1) is 18.7 Å². The van der Waals surface area contributed by atoms with Gasteiger partial charge >= 0.3 is 0 Å². The first-order valence-electron chi connectivity index (χ1n) is 12.2. The molecule has 0 bridgehead atoms. The number of aromatic nitrogens is 2. The van der Waals surface area contributed by atoms with Crippen molar-refractivity contribution in [2.75, 3.05) is 19.8 Å². The summed E-state index contributed by atoms with van der Waals surface area (Å²) in [6, 6.07) is 11.5. The number of hydrogen-bond donors (Lipinski definition) is 1. The molecule has 1 aromatic carbocycles. The molecular weight excluding hydrogens is 513 g/mol. The van der Waals surface area contributed by atoms with E-state index in [-0.39, 0.29) is 29.0 Å². The fourth-order valence-corrected chi connectivity index (χ4v) is 4.31. The number of amides is 1. The second kappa shape index (κ2) is 12.8. The third kappa shape index (κ3) is 7.96. The summed E-state index contributed by atoms with van der Waals surface area (Å²) in [5.41, 5.74) is 1.06. The van der Waals surface area contributed by atoms with Crippen molar-refractivity contribution < 1.29 is 31.8 Å². The summed E-state index contributed by atoms with van der Waals surface area (Å²) in [5, 5.41) is -0.295.